The molecule has 126 valence electrons. The molecule has 6 heteroatoms. The monoisotopic (exact) mass is 329 g/mol. The molecule has 1 fully saturated rings. The van der Waals surface area contributed by atoms with Gasteiger partial charge in [0, 0.05) is 31.8 Å². The minimum atomic E-state index is -0.525. The zero-order valence-electron chi connectivity index (χ0n) is 13.2. The molecule has 0 bridgehead atoms. The Morgan fingerprint density at radius 1 is 1.38 bits per heavy atom. The van der Waals surface area contributed by atoms with Crippen LogP contribution in [-0.2, 0) is 0 Å². The van der Waals surface area contributed by atoms with Crippen molar-refractivity contribution in [2.75, 3.05) is 19.7 Å². The van der Waals surface area contributed by atoms with E-state index in [2.05, 4.69) is 10.3 Å². The highest BCUT2D eigenvalue weighted by atomic mass is 19.1. The van der Waals surface area contributed by atoms with E-state index in [1.165, 1.54) is 12.1 Å². The third-order valence-corrected chi connectivity index (χ3v) is 4.26. The Balaban J connectivity index is 1.82. The van der Waals surface area contributed by atoms with Crippen LogP contribution in [0.1, 0.15) is 23.7 Å². The third kappa shape index (κ3) is 3.71. The number of carbonyl (C=O) groups excluding carboxylic acids is 1. The number of carbonyl (C=O) groups is 1. The van der Waals surface area contributed by atoms with E-state index in [9.17, 15) is 14.3 Å². The molecule has 2 amide bonds. The highest BCUT2D eigenvalue weighted by molar-refractivity contribution is 5.75. The number of hydrogen-bond acceptors (Lipinski definition) is 3. The van der Waals surface area contributed by atoms with E-state index < -0.39 is 6.04 Å². The van der Waals surface area contributed by atoms with Gasteiger partial charge in [-0.3, -0.25) is 4.98 Å². The first-order valence-corrected chi connectivity index (χ1v) is 8.00. The van der Waals surface area contributed by atoms with Gasteiger partial charge in [0.05, 0.1) is 11.7 Å². The smallest absolute Gasteiger partial charge is 0.318 e. The van der Waals surface area contributed by atoms with Crippen LogP contribution in [-0.4, -0.2) is 40.7 Å². The van der Waals surface area contributed by atoms with Crippen LogP contribution in [0.25, 0.3) is 0 Å². The normalized spacial score (nSPS) is 18.4. The summed E-state index contributed by atoms with van der Waals surface area (Å²) >= 11 is 0. The number of aliphatic hydroxyl groups is 1. The van der Waals surface area contributed by atoms with Crippen LogP contribution in [0.4, 0.5) is 9.18 Å². The van der Waals surface area contributed by atoms with E-state index in [1.807, 2.05) is 6.07 Å². The summed E-state index contributed by atoms with van der Waals surface area (Å²) in [4.78, 5) is 18.5. The van der Waals surface area contributed by atoms with Gasteiger partial charge in [0.25, 0.3) is 0 Å². The maximum atomic E-state index is 13.6. The molecular formula is C18H20FN3O2. The predicted octanol–water partition coefficient (Wildman–Crippen LogP) is 2.33. The lowest BCUT2D eigenvalue weighted by Gasteiger charge is -2.23. The van der Waals surface area contributed by atoms with Crippen LogP contribution >= 0.6 is 0 Å². The first kappa shape index (κ1) is 16.4. The van der Waals surface area contributed by atoms with E-state index >= 15 is 0 Å². The van der Waals surface area contributed by atoms with Crippen molar-refractivity contribution < 1.29 is 14.3 Å². The second-order valence-electron chi connectivity index (χ2n) is 5.98. The van der Waals surface area contributed by atoms with Crippen molar-refractivity contribution in [3.05, 3.63) is 65.7 Å². The van der Waals surface area contributed by atoms with Crippen molar-refractivity contribution in [2.24, 2.45) is 5.92 Å². The number of benzene rings is 1. The number of hydrogen-bond donors (Lipinski definition) is 2. The molecule has 2 heterocycles. The summed E-state index contributed by atoms with van der Waals surface area (Å²) in [6, 6.07) is 10.8. The summed E-state index contributed by atoms with van der Waals surface area (Å²) in [5.41, 5.74) is 1.29. The van der Waals surface area contributed by atoms with Gasteiger partial charge in [-0.25, -0.2) is 9.18 Å². The Kier molecular flexibility index (Phi) is 5.05. The van der Waals surface area contributed by atoms with Crippen LogP contribution in [0.3, 0.4) is 0 Å². The second kappa shape index (κ2) is 7.40. The van der Waals surface area contributed by atoms with Gasteiger partial charge in [0.1, 0.15) is 5.82 Å². The Labute approximate surface area is 140 Å². The quantitative estimate of drug-likeness (QED) is 0.905. The number of nitrogens with zero attached hydrogens (tertiary/aromatic N) is 2. The first-order chi connectivity index (χ1) is 11.7. The topological polar surface area (TPSA) is 65.5 Å². The summed E-state index contributed by atoms with van der Waals surface area (Å²) in [5, 5.41) is 12.2. The summed E-state index contributed by atoms with van der Waals surface area (Å²) in [5.74, 6) is -0.234. The van der Waals surface area contributed by atoms with E-state index in [0.717, 1.165) is 6.42 Å². The molecule has 3 rings (SSSR count). The fourth-order valence-corrected chi connectivity index (χ4v) is 2.94. The van der Waals surface area contributed by atoms with Gasteiger partial charge in [0.2, 0.25) is 0 Å². The molecule has 24 heavy (non-hydrogen) atoms. The molecular weight excluding hydrogens is 309 g/mol. The summed E-state index contributed by atoms with van der Waals surface area (Å²) in [7, 11) is 0. The molecule has 2 atom stereocenters. The van der Waals surface area contributed by atoms with Gasteiger partial charge in [-0.15, -0.1) is 0 Å². The molecule has 0 saturated carbocycles. The Bertz CT molecular complexity index is 696. The molecule has 1 aliphatic heterocycles. The molecule has 2 unspecified atom stereocenters. The summed E-state index contributed by atoms with van der Waals surface area (Å²) < 4.78 is 13.6. The number of rotatable bonds is 4. The zero-order valence-corrected chi connectivity index (χ0v) is 13.2. The van der Waals surface area contributed by atoms with E-state index in [0.29, 0.717) is 24.3 Å². The molecule has 1 aromatic carbocycles. The molecule has 2 N–H and O–H groups in total. The van der Waals surface area contributed by atoms with Crippen molar-refractivity contribution in [1.29, 1.82) is 0 Å². The van der Waals surface area contributed by atoms with Crippen LogP contribution in [0, 0.1) is 11.7 Å². The summed E-state index contributed by atoms with van der Waals surface area (Å²) in [6.45, 7) is 1.22. The number of likely N-dealkylation sites (tertiary alicyclic amines) is 1. The molecule has 5 nitrogen and oxygen atoms in total. The minimum absolute atomic E-state index is 0.0807. The zero-order chi connectivity index (χ0) is 16.9. The maximum absolute atomic E-state index is 13.6. The average molecular weight is 329 g/mol. The molecule has 1 saturated heterocycles. The molecule has 0 radical (unpaired) electrons. The number of amides is 2. The van der Waals surface area contributed by atoms with Crippen LogP contribution in [0.15, 0.2) is 48.7 Å². The minimum Gasteiger partial charge on any atom is -0.396 e. The molecule has 0 aliphatic carbocycles. The SMILES string of the molecule is O=C(NC(c1cccc(F)c1)c1ccccn1)N1CCC(CO)C1. The fraction of sp³-hybridized carbons (Fsp3) is 0.333. The standard InChI is InChI=1S/C18H20FN3O2/c19-15-5-3-4-14(10-15)17(16-6-1-2-8-20-16)21-18(24)22-9-7-13(11-22)12-23/h1-6,8,10,13,17,23H,7,9,11-12H2,(H,21,24). The van der Waals surface area contributed by atoms with Crippen molar-refractivity contribution in [1.82, 2.24) is 15.2 Å². The molecule has 0 spiro atoms. The van der Waals surface area contributed by atoms with Gasteiger partial charge in [-0.05, 0) is 36.2 Å². The average Bonchev–Trinajstić information content (AvgIpc) is 3.09. The second-order valence-corrected chi connectivity index (χ2v) is 5.98. The van der Waals surface area contributed by atoms with Crippen molar-refractivity contribution in [3.8, 4) is 0 Å². The van der Waals surface area contributed by atoms with Crippen LogP contribution < -0.4 is 5.32 Å². The Hall–Kier alpha value is -2.47. The highest BCUT2D eigenvalue weighted by Gasteiger charge is 2.28. The number of halogens is 1. The van der Waals surface area contributed by atoms with Gasteiger partial charge >= 0.3 is 6.03 Å². The fourth-order valence-electron chi connectivity index (χ4n) is 2.94. The third-order valence-electron chi connectivity index (χ3n) is 4.26. The van der Waals surface area contributed by atoms with Gasteiger partial charge in [0.15, 0.2) is 0 Å². The Morgan fingerprint density at radius 3 is 2.92 bits per heavy atom. The van der Waals surface area contributed by atoms with Crippen molar-refractivity contribution in [2.45, 2.75) is 12.5 Å². The van der Waals surface area contributed by atoms with E-state index in [1.54, 1.807) is 35.4 Å². The van der Waals surface area contributed by atoms with E-state index in [-0.39, 0.29) is 24.4 Å². The summed E-state index contributed by atoms with van der Waals surface area (Å²) in [6.07, 6.45) is 2.43. The van der Waals surface area contributed by atoms with Gasteiger partial charge < -0.3 is 15.3 Å². The Morgan fingerprint density at radius 2 is 2.25 bits per heavy atom. The first-order valence-electron chi connectivity index (χ1n) is 8.00. The van der Waals surface area contributed by atoms with Crippen molar-refractivity contribution >= 4 is 6.03 Å². The molecule has 1 aliphatic rings. The van der Waals surface area contributed by atoms with Crippen LogP contribution in [0.5, 0.6) is 0 Å². The highest BCUT2D eigenvalue weighted by Crippen LogP contribution is 2.22. The van der Waals surface area contributed by atoms with Crippen molar-refractivity contribution in [3.63, 3.8) is 0 Å². The number of urea groups is 1. The molecule has 1 aromatic heterocycles. The lowest BCUT2D eigenvalue weighted by molar-refractivity contribution is 0.196. The maximum Gasteiger partial charge on any atom is 0.318 e. The van der Waals surface area contributed by atoms with Crippen LogP contribution in [0.2, 0.25) is 0 Å². The lowest BCUT2D eigenvalue weighted by Crippen LogP contribution is -2.41. The lowest BCUT2D eigenvalue weighted by atomic mass is 10.0. The number of pyridine rings is 1. The molecule has 2 aromatic rings. The van der Waals surface area contributed by atoms with Gasteiger partial charge in [-0.2, -0.15) is 0 Å². The largest absolute Gasteiger partial charge is 0.396 e. The predicted molar refractivity (Wildman–Crippen MR) is 87.8 cm³/mol. The number of nitrogens with one attached hydrogen (secondary N) is 1. The van der Waals surface area contributed by atoms with Gasteiger partial charge in [-0.1, -0.05) is 18.2 Å². The number of aromatic nitrogens is 1. The number of aliphatic hydroxyl groups excluding tert-OH is 1. The van der Waals surface area contributed by atoms with E-state index in [4.69, 9.17) is 0 Å².